The fourth-order valence-electron chi connectivity index (χ4n) is 12.7. The summed E-state index contributed by atoms with van der Waals surface area (Å²) in [6.07, 6.45) is 1.65. The Morgan fingerprint density at radius 3 is 1.33 bits per heavy atom. The van der Waals surface area contributed by atoms with E-state index in [0.29, 0.717) is 135 Å². The van der Waals surface area contributed by atoms with Gasteiger partial charge in [-0.1, -0.05) is 41.6 Å². The predicted molar refractivity (Wildman–Crippen MR) is 340 cm³/mol. The third-order valence-electron chi connectivity index (χ3n) is 17.9. The second-order valence-electron chi connectivity index (χ2n) is 24.3. The lowest BCUT2D eigenvalue weighted by Crippen LogP contribution is -2.53. The van der Waals surface area contributed by atoms with Crippen molar-refractivity contribution in [3.63, 3.8) is 0 Å². The maximum atomic E-state index is 14.7. The normalized spacial score (nSPS) is 26.9. The first-order valence-electron chi connectivity index (χ1n) is 30.3. The van der Waals surface area contributed by atoms with Crippen molar-refractivity contribution >= 4 is 81.5 Å². The van der Waals surface area contributed by atoms with Crippen LogP contribution in [0.1, 0.15) is 79.1 Å². The molecular weight excluding hydrogens is 1290 g/mol. The number of anilines is 3. The molecule has 6 aromatic rings. The number of amides is 3. The van der Waals surface area contributed by atoms with Gasteiger partial charge in [-0.2, -0.15) is 13.2 Å². The number of halogens is 9. The summed E-state index contributed by atoms with van der Waals surface area (Å²) >= 11 is 0. The highest BCUT2D eigenvalue weighted by Crippen LogP contribution is 2.38. The maximum absolute atomic E-state index is 14.7. The van der Waals surface area contributed by atoms with Crippen LogP contribution in [0.25, 0.3) is 0 Å². The fourth-order valence-corrected chi connectivity index (χ4v) is 17.6. The van der Waals surface area contributed by atoms with Crippen LogP contribution in [0, 0.1) is 52.7 Å². The molecule has 93 heavy (non-hydrogen) atoms. The van der Waals surface area contributed by atoms with Crippen LogP contribution in [0.4, 0.5) is 57.1 Å². The van der Waals surface area contributed by atoms with Crippen molar-refractivity contribution in [2.24, 2.45) is 17.8 Å². The van der Waals surface area contributed by atoms with Crippen LogP contribution in [0.15, 0.2) is 108 Å². The molecule has 0 saturated carbocycles. The average molecular weight is 1360 g/mol. The third kappa shape index (κ3) is 16.8. The standard InChI is InChI=1S/C22H25F2N3O2S.C21H22F5N3O3S.C21H24F2N4O2S/c1-30(29)11-7-16(8-12-30)22(28)27-10-9-26(21-6-5-19(24)14-25-21)15-20(27)17-3-2-4-18(23)13-17;1-33(31)9-5-13(6-10-33)20(30)29-8-7-28(18-11-17(32-27-18)21(24,25)26)12-16(29)14-3-2-4-15(22)19(14)23;1-30(29)9-5-15(6-10-30)20(28)27-8-7-26(21-24-12-18(23)13-25-21)14-19(27)16-3-2-4-17(22)11-16/h2-6,13-14,16,20H,1,7-12,15H2;2-4,11,13,16H,1,5-10,12H2;2-4,11-13,15,19H,1,5-10,14H2. The molecule has 0 bridgehead atoms. The number of alkyl halides is 3. The predicted octanol–water partition coefficient (Wildman–Crippen LogP) is 8.64. The Hall–Kier alpha value is -7.66. The van der Waals surface area contributed by atoms with Crippen LogP contribution in [0.2, 0.25) is 0 Å². The minimum absolute atomic E-state index is 0.00108. The van der Waals surface area contributed by atoms with Gasteiger partial charge in [0.05, 0.1) is 36.7 Å². The van der Waals surface area contributed by atoms with Crippen LogP contribution in [-0.2, 0) is 49.1 Å². The van der Waals surface area contributed by atoms with Crippen LogP contribution >= 0.6 is 0 Å². The van der Waals surface area contributed by atoms with E-state index in [0.717, 1.165) is 24.5 Å². The number of hydrogen-bond donors (Lipinski definition) is 0. The molecule has 3 amide bonds. The fraction of sp³-hybridized carbons (Fsp3) is 0.438. The number of rotatable bonds is 9. The second-order valence-corrected chi connectivity index (χ2v) is 32.5. The number of piperazine rings is 3. The summed E-state index contributed by atoms with van der Waals surface area (Å²) in [4.78, 5) is 62.6. The van der Waals surface area contributed by atoms with Gasteiger partial charge in [-0.25, -0.2) is 41.3 Å². The van der Waals surface area contributed by atoms with Gasteiger partial charge in [-0.05, 0) is 138 Å². The topological polar surface area (TPSA) is 187 Å². The Labute approximate surface area is 534 Å². The molecule has 6 fully saturated rings. The molecule has 3 unspecified atom stereocenters. The Morgan fingerprint density at radius 2 is 0.892 bits per heavy atom. The largest absolute Gasteiger partial charge is 0.452 e. The Balaban J connectivity index is 0.000000153. The zero-order valence-electron chi connectivity index (χ0n) is 50.7. The molecule has 3 atom stereocenters. The van der Waals surface area contributed by atoms with E-state index in [2.05, 4.69) is 42.2 Å². The quantitative estimate of drug-likeness (QED) is 0.0989. The zero-order valence-corrected chi connectivity index (χ0v) is 53.2. The van der Waals surface area contributed by atoms with Gasteiger partial charge in [0.2, 0.25) is 29.4 Å². The van der Waals surface area contributed by atoms with Crippen molar-refractivity contribution in [1.29, 1.82) is 0 Å². The minimum Gasteiger partial charge on any atom is -0.352 e. The molecule has 0 radical (unpaired) electrons. The molecule has 6 aliphatic rings. The van der Waals surface area contributed by atoms with E-state index in [1.807, 2.05) is 20.8 Å². The number of carbonyl (C=O) groups excluding carboxylic acids is 3. The maximum Gasteiger partial charge on any atom is 0.452 e. The highest BCUT2D eigenvalue weighted by molar-refractivity contribution is 8.00. The summed E-state index contributed by atoms with van der Waals surface area (Å²) in [5.74, 6) is 8.36. The van der Waals surface area contributed by atoms with E-state index >= 15 is 0 Å². The number of nitrogens with zero attached hydrogens (tertiary/aromatic N) is 10. The highest BCUT2D eigenvalue weighted by atomic mass is 32.2. The van der Waals surface area contributed by atoms with Crippen molar-refractivity contribution in [2.45, 2.75) is 62.8 Å². The van der Waals surface area contributed by atoms with Gasteiger partial charge in [-0.3, -0.25) is 27.0 Å². The summed E-state index contributed by atoms with van der Waals surface area (Å²) in [6.45, 7) is 2.80. The number of aromatic nitrogens is 4. The molecule has 29 heteroatoms. The first-order valence-corrected chi connectivity index (χ1v) is 36.5. The highest BCUT2D eigenvalue weighted by Gasteiger charge is 2.43. The first kappa shape index (κ1) is 68.2. The summed E-state index contributed by atoms with van der Waals surface area (Å²) in [5.41, 5.74) is 1.32. The van der Waals surface area contributed by atoms with Gasteiger partial charge in [0, 0.05) is 123 Å². The summed E-state index contributed by atoms with van der Waals surface area (Å²) in [6, 6.07) is 18.1. The van der Waals surface area contributed by atoms with Crippen LogP contribution < -0.4 is 14.7 Å². The smallest absolute Gasteiger partial charge is 0.352 e. The van der Waals surface area contributed by atoms with Gasteiger partial charge in [-0.15, -0.1) is 0 Å². The van der Waals surface area contributed by atoms with Gasteiger partial charge in [0.15, 0.2) is 23.3 Å². The van der Waals surface area contributed by atoms with Crippen LogP contribution in [-0.4, -0.2) is 176 Å². The Morgan fingerprint density at radius 1 is 0.473 bits per heavy atom. The molecule has 6 saturated heterocycles. The van der Waals surface area contributed by atoms with E-state index in [4.69, 9.17) is 0 Å². The van der Waals surface area contributed by atoms with Crippen molar-refractivity contribution in [3.8, 4) is 0 Å². The van der Waals surface area contributed by atoms with E-state index in [1.54, 1.807) is 29.2 Å². The molecule has 6 aliphatic heterocycles. The molecule has 0 spiro atoms. The average Bonchev–Trinajstić information content (AvgIpc) is 1.45. The van der Waals surface area contributed by atoms with Gasteiger partial charge >= 0.3 is 6.18 Å². The Bertz CT molecular complexity index is 3810. The Kier molecular flexibility index (Phi) is 20.9. The van der Waals surface area contributed by atoms with E-state index in [-0.39, 0.29) is 84.3 Å². The summed E-state index contributed by atoms with van der Waals surface area (Å²) in [5, 5.41) is 3.47. The SMILES string of the molecule is C=S1(=O)CCC(C(=O)N2CCN(c3cc(C(F)(F)F)on3)CC2c2cccc(F)c2F)CC1.C=S1(=O)CCC(C(=O)N2CCN(c3ccc(F)cn3)CC2c2cccc(F)c2)CC1.C=S1(=O)CCC(C(=O)N2CCN(c3ncc(F)cn3)CC2c2cccc(F)c2)CC1. The van der Waals surface area contributed by atoms with Crippen LogP contribution in [0.3, 0.4) is 0 Å². The van der Waals surface area contributed by atoms with Gasteiger partial charge in [0.1, 0.15) is 23.3 Å². The van der Waals surface area contributed by atoms with E-state index in [1.165, 1.54) is 58.5 Å². The van der Waals surface area contributed by atoms with Crippen molar-refractivity contribution in [3.05, 3.63) is 161 Å². The van der Waals surface area contributed by atoms with Gasteiger partial charge in [0.25, 0.3) is 0 Å². The van der Waals surface area contributed by atoms with Crippen molar-refractivity contribution in [2.75, 3.05) is 108 Å². The van der Waals surface area contributed by atoms with Crippen LogP contribution in [0.5, 0.6) is 0 Å². The molecule has 0 aliphatic carbocycles. The molecule has 0 N–H and O–H groups in total. The van der Waals surface area contributed by atoms with E-state index in [9.17, 15) is 66.5 Å². The number of carbonyl (C=O) groups is 3. The first-order chi connectivity index (χ1) is 44.1. The monoisotopic (exact) mass is 1360 g/mol. The summed E-state index contributed by atoms with van der Waals surface area (Å²) in [7, 11) is -6.35. The molecule has 3 aromatic heterocycles. The third-order valence-corrected chi connectivity index (χ3v) is 23.8. The number of pyridine rings is 1. The van der Waals surface area contributed by atoms with Gasteiger partial charge < -0.3 is 33.9 Å². The number of hydrogen-bond acceptors (Lipinski definition) is 14. The molecule has 3 aromatic carbocycles. The minimum atomic E-state index is -4.72. The number of benzene rings is 3. The molecule has 12 rings (SSSR count). The lowest BCUT2D eigenvalue weighted by Gasteiger charge is -2.44. The zero-order chi connectivity index (χ0) is 66.6. The molecule has 17 nitrogen and oxygen atoms in total. The second kappa shape index (κ2) is 28.5. The summed E-state index contributed by atoms with van der Waals surface area (Å²) < 4.78 is 163. The molecular formula is C64H71F9N10O7S3. The lowest BCUT2D eigenvalue weighted by molar-refractivity contribution is -0.155. The molecule has 500 valence electrons. The lowest BCUT2D eigenvalue weighted by atomic mass is 9.96. The molecule has 9 heterocycles. The van der Waals surface area contributed by atoms with Crippen molar-refractivity contribution in [1.82, 2.24) is 34.8 Å². The van der Waals surface area contributed by atoms with Crippen molar-refractivity contribution < 1.29 is 71.0 Å². The van der Waals surface area contributed by atoms with E-state index < -0.39 is 75.7 Å².